The summed E-state index contributed by atoms with van der Waals surface area (Å²) in [5.41, 5.74) is 4.75. The predicted octanol–water partition coefficient (Wildman–Crippen LogP) is 7.15. The highest BCUT2D eigenvalue weighted by molar-refractivity contribution is 7.90. The first kappa shape index (κ1) is 37.3. The summed E-state index contributed by atoms with van der Waals surface area (Å²) in [5.74, 6) is -0.458. The van der Waals surface area contributed by atoms with Crippen molar-refractivity contribution >= 4 is 44.4 Å². The summed E-state index contributed by atoms with van der Waals surface area (Å²) in [4.78, 5) is 29.7. The van der Waals surface area contributed by atoms with Gasteiger partial charge < -0.3 is 18.9 Å². The van der Waals surface area contributed by atoms with Gasteiger partial charge in [0.15, 0.2) is 0 Å². The second-order valence-electron chi connectivity index (χ2n) is 15.4. The summed E-state index contributed by atoms with van der Waals surface area (Å²) >= 11 is 0. The zero-order valence-corrected chi connectivity index (χ0v) is 31.8. The third-order valence-corrected chi connectivity index (χ3v) is 13.3. The Morgan fingerprint density at radius 1 is 1.00 bits per heavy atom. The SMILES string of the molecule is COc1ccc2c(c1)C=C(c1c(C(=O)N3C4CCC3COC4)cnn1CC(F)(F)F)Cn1c-2c(C2CCCCC2)c2ccc(C(=O)NS(=O)(=O)C(C)C)cc21. The van der Waals surface area contributed by atoms with Crippen molar-refractivity contribution < 1.29 is 40.7 Å². The molecule has 0 radical (unpaired) electrons. The standard InChI is InChI=1S/C40H44F3N5O6S/c1-23(2)55(51,52)45-38(49)25-9-13-32-34(17-25)46-19-27(15-26-16-30(53-3)12-14-31(26)37(46)35(32)24-7-5-4-6-8-24)36-33(18-44-47(36)22-40(41,42)43)39(50)48-28-10-11-29(48)21-54-20-28/h9,12-18,23-24,28-29H,4-8,10-11,19-22H2,1-3H3,(H,45,49). The highest BCUT2D eigenvalue weighted by atomic mass is 32.2. The molecule has 15 heteroatoms. The van der Waals surface area contributed by atoms with Crippen LogP contribution in [0.4, 0.5) is 13.2 Å². The lowest BCUT2D eigenvalue weighted by Gasteiger charge is -2.34. The molecule has 1 N–H and O–H groups in total. The Bertz CT molecular complexity index is 2310. The summed E-state index contributed by atoms with van der Waals surface area (Å²) in [6, 6.07) is 10.4. The van der Waals surface area contributed by atoms with Crippen LogP contribution in [0.3, 0.4) is 0 Å². The number of nitrogens with one attached hydrogen (secondary N) is 1. The molecule has 3 aliphatic heterocycles. The maximum Gasteiger partial charge on any atom is 0.408 e. The quantitative estimate of drug-likeness (QED) is 0.202. The lowest BCUT2D eigenvalue weighted by atomic mass is 9.81. The van der Waals surface area contributed by atoms with Crippen LogP contribution in [0.25, 0.3) is 33.8 Å². The number of halogens is 3. The van der Waals surface area contributed by atoms with Crippen molar-refractivity contribution in [3.8, 4) is 17.0 Å². The lowest BCUT2D eigenvalue weighted by molar-refractivity contribution is -0.142. The molecule has 2 saturated heterocycles. The molecule has 8 rings (SSSR count). The number of carbonyl (C=O) groups is 2. The van der Waals surface area contributed by atoms with Crippen LogP contribution in [-0.4, -0.2) is 83.3 Å². The van der Waals surface area contributed by atoms with Gasteiger partial charge in [-0.25, -0.2) is 13.1 Å². The van der Waals surface area contributed by atoms with Gasteiger partial charge in [0, 0.05) is 22.0 Å². The molecule has 11 nitrogen and oxygen atoms in total. The number of rotatable bonds is 8. The number of methoxy groups -OCH3 is 1. The van der Waals surface area contributed by atoms with Crippen molar-refractivity contribution in [2.24, 2.45) is 0 Å². The molecule has 0 spiro atoms. The van der Waals surface area contributed by atoms with E-state index >= 15 is 0 Å². The van der Waals surface area contributed by atoms with Gasteiger partial charge in [0.2, 0.25) is 10.0 Å². The molecule has 4 aromatic rings. The van der Waals surface area contributed by atoms with E-state index in [-0.39, 0.29) is 47.3 Å². The Hall–Kier alpha value is -4.63. The molecule has 1 aliphatic carbocycles. The molecule has 3 fully saturated rings. The Kier molecular flexibility index (Phi) is 9.59. The van der Waals surface area contributed by atoms with Gasteiger partial charge in [-0.3, -0.25) is 14.3 Å². The molecule has 1 saturated carbocycles. The van der Waals surface area contributed by atoms with E-state index in [0.29, 0.717) is 35.6 Å². The molecular weight excluding hydrogens is 736 g/mol. The fraction of sp³-hybridized carbons (Fsp3) is 0.475. The van der Waals surface area contributed by atoms with Crippen LogP contribution in [-0.2, 0) is 27.8 Å². The number of sulfonamides is 1. The number of alkyl halides is 3. The van der Waals surface area contributed by atoms with Crippen LogP contribution in [0.1, 0.15) is 102 Å². The fourth-order valence-electron chi connectivity index (χ4n) is 8.90. The minimum atomic E-state index is -4.64. The van der Waals surface area contributed by atoms with Gasteiger partial charge in [-0.2, -0.15) is 18.3 Å². The van der Waals surface area contributed by atoms with Crippen molar-refractivity contribution in [1.82, 2.24) is 24.0 Å². The first-order valence-corrected chi connectivity index (χ1v) is 20.4. The summed E-state index contributed by atoms with van der Waals surface area (Å²) in [6.45, 7) is 2.31. The zero-order valence-electron chi connectivity index (χ0n) is 31.0. The Balaban J connectivity index is 1.36. The van der Waals surface area contributed by atoms with E-state index in [2.05, 4.69) is 9.82 Å². The van der Waals surface area contributed by atoms with Crippen molar-refractivity contribution in [2.45, 2.75) is 101 Å². The smallest absolute Gasteiger partial charge is 0.408 e. The zero-order chi connectivity index (χ0) is 38.8. The predicted molar refractivity (Wildman–Crippen MR) is 201 cm³/mol. The van der Waals surface area contributed by atoms with Crippen molar-refractivity contribution in [3.63, 3.8) is 0 Å². The number of nitrogens with zero attached hydrogens (tertiary/aromatic N) is 4. The van der Waals surface area contributed by atoms with E-state index < -0.39 is 33.9 Å². The monoisotopic (exact) mass is 779 g/mol. The third-order valence-electron chi connectivity index (χ3n) is 11.6. The molecule has 2 atom stereocenters. The first-order valence-electron chi connectivity index (χ1n) is 18.9. The number of aromatic nitrogens is 3. The molecule has 292 valence electrons. The number of amides is 2. The Morgan fingerprint density at radius 3 is 2.40 bits per heavy atom. The first-order chi connectivity index (χ1) is 26.2. The molecule has 55 heavy (non-hydrogen) atoms. The van der Waals surface area contributed by atoms with E-state index in [1.54, 1.807) is 24.1 Å². The van der Waals surface area contributed by atoms with Crippen LogP contribution < -0.4 is 9.46 Å². The average molecular weight is 780 g/mol. The van der Waals surface area contributed by atoms with Crippen molar-refractivity contribution in [3.05, 3.63) is 70.5 Å². The number of carbonyl (C=O) groups excluding carboxylic acids is 2. The van der Waals surface area contributed by atoms with E-state index in [1.807, 2.05) is 34.9 Å². The van der Waals surface area contributed by atoms with Gasteiger partial charge in [-0.1, -0.05) is 25.3 Å². The van der Waals surface area contributed by atoms with Crippen molar-refractivity contribution in [2.75, 3.05) is 20.3 Å². The van der Waals surface area contributed by atoms with Gasteiger partial charge in [0.05, 0.1) is 67.4 Å². The summed E-state index contributed by atoms with van der Waals surface area (Å²) in [6.07, 6.45) is 4.98. The van der Waals surface area contributed by atoms with Crippen LogP contribution in [0, 0.1) is 0 Å². The van der Waals surface area contributed by atoms with E-state index in [1.165, 1.54) is 20.0 Å². The number of fused-ring (bicyclic) bond motifs is 7. The molecule has 5 heterocycles. The maximum atomic E-state index is 14.5. The van der Waals surface area contributed by atoms with Gasteiger partial charge in [-0.05, 0) is 98.6 Å². The highest BCUT2D eigenvalue weighted by Gasteiger charge is 2.43. The topological polar surface area (TPSA) is 125 Å². The van der Waals surface area contributed by atoms with E-state index in [4.69, 9.17) is 9.47 Å². The van der Waals surface area contributed by atoms with Crippen LogP contribution >= 0.6 is 0 Å². The van der Waals surface area contributed by atoms with Gasteiger partial charge in [0.25, 0.3) is 11.8 Å². The van der Waals surface area contributed by atoms with E-state index in [9.17, 15) is 31.2 Å². The molecule has 2 aromatic carbocycles. The third kappa shape index (κ3) is 6.83. The number of hydrogen-bond acceptors (Lipinski definition) is 7. The number of morpholine rings is 1. The second-order valence-corrected chi connectivity index (χ2v) is 17.6. The number of benzene rings is 2. The van der Waals surface area contributed by atoms with Crippen LogP contribution in [0.5, 0.6) is 5.75 Å². The molecule has 2 amide bonds. The van der Waals surface area contributed by atoms with Crippen molar-refractivity contribution in [1.29, 1.82) is 0 Å². The molecule has 2 aromatic heterocycles. The maximum absolute atomic E-state index is 14.5. The Labute approximate surface area is 317 Å². The summed E-state index contributed by atoms with van der Waals surface area (Å²) in [7, 11) is -2.39. The number of allylic oxidation sites excluding steroid dienone is 1. The fourth-order valence-corrected chi connectivity index (χ4v) is 9.51. The molecular formula is C40H44F3N5O6S. The summed E-state index contributed by atoms with van der Waals surface area (Å²) in [5, 5.41) is 4.23. The van der Waals surface area contributed by atoms with Crippen LogP contribution in [0.15, 0.2) is 42.6 Å². The molecule has 2 unspecified atom stereocenters. The van der Waals surface area contributed by atoms with E-state index in [0.717, 1.165) is 71.8 Å². The van der Waals surface area contributed by atoms with Gasteiger partial charge >= 0.3 is 6.18 Å². The van der Waals surface area contributed by atoms with Crippen LogP contribution in [0.2, 0.25) is 0 Å². The lowest BCUT2D eigenvalue weighted by Crippen LogP contribution is -2.49. The highest BCUT2D eigenvalue weighted by Crippen LogP contribution is 2.48. The summed E-state index contributed by atoms with van der Waals surface area (Å²) < 4.78 is 84.6. The van der Waals surface area contributed by atoms with Gasteiger partial charge in [-0.15, -0.1) is 0 Å². The largest absolute Gasteiger partial charge is 0.497 e. The minimum absolute atomic E-state index is 0.0325. The molecule has 2 bridgehead atoms. The normalized spacial score (nSPS) is 20.3. The number of hydrogen-bond donors (Lipinski definition) is 1. The average Bonchev–Trinajstić information content (AvgIpc) is 3.74. The molecule has 4 aliphatic rings. The minimum Gasteiger partial charge on any atom is -0.497 e. The van der Waals surface area contributed by atoms with Gasteiger partial charge in [0.1, 0.15) is 12.3 Å². The number of ether oxygens (including phenoxy) is 2. The second kappa shape index (κ2) is 14.1. The Morgan fingerprint density at radius 2 is 1.73 bits per heavy atom.